The number of hydrogen-bond donors (Lipinski definition) is 1. The molecular formula is C14H17Cl2NO2. The van der Waals surface area contributed by atoms with Crippen LogP contribution in [0.25, 0.3) is 0 Å². The molecule has 0 aromatic heterocycles. The molecule has 19 heavy (non-hydrogen) atoms. The Balaban J connectivity index is 2.31. The van der Waals surface area contributed by atoms with Crippen molar-refractivity contribution in [3.8, 4) is 0 Å². The predicted molar refractivity (Wildman–Crippen MR) is 76.8 cm³/mol. The minimum absolute atomic E-state index is 0.0581. The van der Waals surface area contributed by atoms with Crippen molar-refractivity contribution in [3.63, 3.8) is 0 Å². The van der Waals surface area contributed by atoms with Crippen LogP contribution in [0.1, 0.15) is 31.9 Å². The molecule has 3 nitrogen and oxygen atoms in total. The fourth-order valence-electron chi connectivity index (χ4n) is 2.82. The Labute approximate surface area is 123 Å². The maximum absolute atomic E-state index is 11.4. The van der Waals surface area contributed by atoms with E-state index in [2.05, 4.69) is 0 Å². The average molecular weight is 302 g/mol. The van der Waals surface area contributed by atoms with Crippen molar-refractivity contribution < 1.29 is 9.90 Å². The molecule has 1 fully saturated rings. The van der Waals surface area contributed by atoms with Crippen LogP contribution in [0.2, 0.25) is 10.0 Å². The first-order valence-corrected chi connectivity index (χ1v) is 7.11. The molecule has 0 saturated carbocycles. The monoisotopic (exact) mass is 301 g/mol. The van der Waals surface area contributed by atoms with Gasteiger partial charge in [-0.15, -0.1) is 0 Å². The topological polar surface area (TPSA) is 40.5 Å². The quantitative estimate of drug-likeness (QED) is 0.922. The van der Waals surface area contributed by atoms with E-state index in [0.717, 1.165) is 18.5 Å². The molecule has 2 rings (SSSR count). The molecule has 0 radical (unpaired) electrons. The molecule has 0 bridgehead atoms. The van der Waals surface area contributed by atoms with Gasteiger partial charge in [0.2, 0.25) is 0 Å². The summed E-state index contributed by atoms with van der Waals surface area (Å²) in [6, 6.07) is 4.97. The Morgan fingerprint density at radius 1 is 1.47 bits per heavy atom. The highest BCUT2D eigenvalue weighted by molar-refractivity contribution is 6.42. The van der Waals surface area contributed by atoms with Crippen LogP contribution in [-0.4, -0.2) is 28.6 Å². The van der Waals surface area contributed by atoms with E-state index in [-0.39, 0.29) is 12.0 Å². The molecule has 104 valence electrons. The highest BCUT2D eigenvalue weighted by Crippen LogP contribution is 2.37. The zero-order valence-corrected chi connectivity index (χ0v) is 12.4. The van der Waals surface area contributed by atoms with Crippen LogP contribution < -0.4 is 0 Å². The highest BCUT2D eigenvalue weighted by Gasteiger charge is 2.39. The second-order valence-electron chi connectivity index (χ2n) is 5.11. The Morgan fingerprint density at radius 3 is 2.79 bits per heavy atom. The van der Waals surface area contributed by atoms with Gasteiger partial charge in [0, 0.05) is 6.04 Å². The second kappa shape index (κ2) is 5.70. The lowest BCUT2D eigenvalue weighted by molar-refractivity contribution is -0.144. The lowest BCUT2D eigenvalue weighted by Gasteiger charge is -2.30. The summed E-state index contributed by atoms with van der Waals surface area (Å²) in [5.74, 6) is -0.618. The van der Waals surface area contributed by atoms with Crippen molar-refractivity contribution in [1.29, 1.82) is 0 Å². The molecule has 1 aliphatic rings. The lowest BCUT2D eigenvalue weighted by atomic mass is 10.0. The van der Waals surface area contributed by atoms with Gasteiger partial charge < -0.3 is 5.11 Å². The zero-order valence-electron chi connectivity index (χ0n) is 10.9. The molecule has 1 aromatic rings. The van der Waals surface area contributed by atoms with Crippen molar-refractivity contribution in [2.45, 2.75) is 32.4 Å². The van der Waals surface area contributed by atoms with E-state index in [0.29, 0.717) is 10.0 Å². The lowest BCUT2D eigenvalue weighted by Crippen LogP contribution is -2.40. The number of likely N-dealkylation sites (tertiary alicyclic amines) is 1. The van der Waals surface area contributed by atoms with Crippen LogP contribution in [0.15, 0.2) is 18.2 Å². The van der Waals surface area contributed by atoms with E-state index < -0.39 is 12.0 Å². The molecule has 3 atom stereocenters. The van der Waals surface area contributed by atoms with E-state index in [1.165, 1.54) is 0 Å². The van der Waals surface area contributed by atoms with E-state index >= 15 is 0 Å². The Kier molecular flexibility index (Phi) is 4.39. The van der Waals surface area contributed by atoms with E-state index in [9.17, 15) is 9.90 Å². The third-order valence-corrected chi connectivity index (χ3v) is 4.75. The van der Waals surface area contributed by atoms with Gasteiger partial charge in [0.25, 0.3) is 0 Å². The maximum atomic E-state index is 11.4. The summed E-state index contributed by atoms with van der Waals surface area (Å²) in [5, 5.41) is 10.4. The first-order chi connectivity index (χ1) is 8.93. The summed E-state index contributed by atoms with van der Waals surface area (Å²) in [6.07, 6.45) is 0.888. The normalized spacial score (nSPS) is 25.5. The standard InChI is InChI=1S/C14H17Cl2NO2/c1-8-6-7-17(13(8)14(18)19)9(2)10-4-3-5-11(15)12(10)16/h3-5,8-9,13H,6-7H2,1-2H3,(H,18,19). The van der Waals surface area contributed by atoms with Crippen molar-refractivity contribution in [1.82, 2.24) is 4.90 Å². The van der Waals surface area contributed by atoms with Gasteiger partial charge in [-0.2, -0.15) is 0 Å². The van der Waals surface area contributed by atoms with Gasteiger partial charge in [-0.3, -0.25) is 9.69 Å². The van der Waals surface area contributed by atoms with Gasteiger partial charge in [-0.25, -0.2) is 0 Å². The van der Waals surface area contributed by atoms with Gasteiger partial charge >= 0.3 is 5.97 Å². The molecule has 1 aromatic carbocycles. The van der Waals surface area contributed by atoms with Crippen LogP contribution in [0, 0.1) is 5.92 Å². The zero-order chi connectivity index (χ0) is 14.2. The summed E-state index contributed by atoms with van der Waals surface area (Å²) >= 11 is 12.2. The number of hydrogen-bond acceptors (Lipinski definition) is 2. The molecule has 1 heterocycles. The number of carboxylic acids is 1. The van der Waals surface area contributed by atoms with Crippen molar-refractivity contribution in [2.75, 3.05) is 6.54 Å². The van der Waals surface area contributed by atoms with Crippen molar-refractivity contribution >= 4 is 29.2 Å². The summed E-state index contributed by atoms with van der Waals surface area (Å²) in [4.78, 5) is 13.4. The van der Waals surface area contributed by atoms with Crippen LogP contribution >= 0.6 is 23.2 Å². The van der Waals surface area contributed by atoms with Crippen molar-refractivity contribution in [3.05, 3.63) is 33.8 Å². The van der Waals surface area contributed by atoms with Gasteiger partial charge in [0.1, 0.15) is 6.04 Å². The smallest absolute Gasteiger partial charge is 0.321 e. The molecule has 0 spiro atoms. The first kappa shape index (κ1) is 14.6. The molecule has 0 aliphatic carbocycles. The maximum Gasteiger partial charge on any atom is 0.321 e. The number of halogens is 2. The van der Waals surface area contributed by atoms with Gasteiger partial charge in [0.05, 0.1) is 10.0 Å². The Hall–Kier alpha value is -0.770. The third kappa shape index (κ3) is 2.73. The van der Waals surface area contributed by atoms with E-state index in [1.54, 1.807) is 6.07 Å². The predicted octanol–water partition coefficient (Wildman–Crippen LogP) is 3.85. The van der Waals surface area contributed by atoms with Gasteiger partial charge in [-0.05, 0) is 37.4 Å². The average Bonchev–Trinajstić information content (AvgIpc) is 2.74. The minimum Gasteiger partial charge on any atom is -0.480 e. The molecule has 3 unspecified atom stereocenters. The SMILES string of the molecule is CC1CCN(C(C)c2cccc(Cl)c2Cl)C1C(=O)O. The minimum atomic E-state index is -0.769. The van der Waals surface area contributed by atoms with E-state index in [4.69, 9.17) is 23.2 Å². The van der Waals surface area contributed by atoms with Crippen LogP contribution in [-0.2, 0) is 4.79 Å². The number of rotatable bonds is 3. The fourth-order valence-corrected chi connectivity index (χ4v) is 3.28. The van der Waals surface area contributed by atoms with Crippen LogP contribution in [0.5, 0.6) is 0 Å². The van der Waals surface area contributed by atoms with E-state index in [1.807, 2.05) is 30.9 Å². The molecule has 1 aliphatic heterocycles. The molecule has 0 amide bonds. The van der Waals surface area contributed by atoms with Gasteiger partial charge in [-0.1, -0.05) is 42.3 Å². The number of carbonyl (C=O) groups is 1. The molecule has 5 heteroatoms. The number of aliphatic carboxylic acids is 1. The van der Waals surface area contributed by atoms with Crippen LogP contribution in [0.3, 0.4) is 0 Å². The van der Waals surface area contributed by atoms with Crippen molar-refractivity contribution in [2.24, 2.45) is 5.92 Å². The Bertz CT molecular complexity index is 492. The third-order valence-electron chi connectivity index (χ3n) is 3.92. The summed E-state index contributed by atoms with van der Waals surface area (Å²) in [5.41, 5.74) is 0.884. The Morgan fingerprint density at radius 2 is 2.16 bits per heavy atom. The number of nitrogens with zero attached hydrogens (tertiary/aromatic N) is 1. The molecule has 1 saturated heterocycles. The van der Waals surface area contributed by atoms with Gasteiger partial charge in [0.15, 0.2) is 0 Å². The summed E-state index contributed by atoms with van der Waals surface area (Å²) < 4.78 is 0. The molecular weight excluding hydrogens is 285 g/mol. The summed E-state index contributed by atoms with van der Waals surface area (Å²) in [7, 11) is 0. The first-order valence-electron chi connectivity index (χ1n) is 6.36. The second-order valence-corrected chi connectivity index (χ2v) is 5.89. The number of benzene rings is 1. The molecule has 1 N–H and O–H groups in total. The fraction of sp³-hybridized carbons (Fsp3) is 0.500. The highest BCUT2D eigenvalue weighted by atomic mass is 35.5. The van der Waals surface area contributed by atoms with Crippen LogP contribution in [0.4, 0.5) is 0 Å². The summed E-state index contributed by atoms with van der Waals surface area (Å²) in [6.45, 7) is 4.72. The largest absolute Gasteiger partial charge is 0.480 e. The number of carboxylic acid groups (broad SMARTS) is 1.